The number of nitrogens with one attached hydrogen (secondary N) is 1. The summed E-state index contributed by atoms with van der Waals surface area (Å²) in [4.78, 5) is -0.475. The minimum absolute atomic E-state index is 0.0522. The van der Waals surface area contributed by atoms with Crippen molar-refractivity contribution < 1.29 is 26.7 Å². The molecule has 10 heteroatoms. The number of phenolic OH excluding ortho intramolecular Hbond substituents is 1. The lowest BCUT2D eigenvalue weighted by atomic mass is 10.0. The van der Waals surface area contributed by atoms with Crippen molar-refractivity contribution in [3.63, 3.8) is 0 Å². The number of halogens is 3. The molecule has 0 aromatic heterocycles. The molecule has 0 saturated carbocycles. The fraction of sp³-hybridized carbons (Fsp3) is 0.269. The average molecular weight is 520 g/mol. The van der Waals surface area contributed by atoms with E-state index < -0.39 is 32.4 Å². The van der Waals surface area contributed by atoms with Gasteiger partial charge in [-0.2, -0.15) is 17.5 Å². The molecular weight excluding hydrogens is 491 g/mol. The Morgan fingerprint density at radius 3 is 2.28 bits per heavy atom. The second-order valence-electron chi connectivity index (χ2n) is 8.78. The van der Waals surface area contributed by atoms with Crippen LogP contribution in [0.25, 0.3) is 0 Å². The topological polar surface area (TPSA) is 107 Å². The van der Waals surface area contributed by atoms with Crippen molar-refractivity contribution in [2.75, 3.05) is 6.54 Å². The number of nitrogens with zero attached hydrogens (tertiary/aromatic N) is 1. The highest BCUT2D eigenvalue weighted by molar-refractivity contribution is 7.89. The molecule has 0 aliphatic carbocycles. The molecule has 0 spiro atoms. The highest BCUT2D eigenvalue weighted by Gasteiger charge is 2.32. The molecule has 0 fully saturated rings. The second-order valence-corrected chi connectivity index (χ2v) is 10.7. The van der Waals surface area contributed by atoms with Gasteiger partial charge in [-0.3, -0.25) is 5.41 Å². The van der Waals surface area contributed by atoms with Crippen LogP contribution in [0, 0.1) is 5.41 Å². The Morgan fingerprint density at radius 1 is 1.03 bits per heavy atom. The first-order valence-corrected chi connectivity index (χ1v) is 12.7. The number of amidine groups is 1. The number of nitrogens with two attached hydrogens (primary N) is 1. The van der Waals surface area contributed by atoms with Crippen molar-refractivity contribution >= 4 is 15.9 Å². The molecule has 3 aromatic rings. The van der Waals surface area contributed by atoms with Crippen molar-refractivity contribution in [3.8, 4) is 5.75 Å². The summed E-state index contributed by atoms with van der Waals surface area (Å²) in [6.45, 7) is 3.71. The van der Waals surface area contributed by atoms with Gasteiger partial charge in [-0.15, -0.1) is 0 Å². The van der Waals surface area contributed by atoms with Gasteiger partial charge >= 0.3 is 6.18 Å². The van der Waals surface area contributed by atoms with E-state index in [1.165, 1.54) is 18.2 Å². The molecule has 0 atom stereocenters. The van der Waals surface area contributed by atoms with E-state index >= 15 is 0 Å². The minimum Gasteiger partial charge on any atom is -0.507 e. The zero-order chi connectivity index (χ0) is 26.7. The smallest absolute Gasteiger partial charge is 0.416 e. The molecule has 0 amide bonds. The first kappa shape index (κ1) is 27.2. The lowest BCUT2D eigenvalue weighted by Gasteiger charge is -2.24. The van der Waals surface area contributed by atoms with Crippen LogP contribution in [0.1, 0.15) is 47.6 Å². The fourth-order valence-electron chi connectivity index (χ4n) is 3.68. The van der Waals surface area contributed by atoms with Gasteiger partial charge < -0.3 is 10.8 Å². The van der Waals surface area contributed by atoms with Crippen LogP contribution in [-0.2, 0) is 29.2 Å². The normalized spacial score (nSPS) is 12.3. The molecule has 36 heavy (non-hydrogen) atoms. The number of phenols is 1. The third-order valence-electron chi connectivity index (χ3n) is 5.80. The standard InChI is InChI=1S/C26H28F3N3O3S/c1-17(2)20-8-6-18(7-9-20)12-13-32(16-19-4-3-5-22(14-19)26(27,28)29)36(34,35)24-15-21(25(30)31)10-11-23(24)33/h3-11,14-15,17,33H,12-13,16H2,1-2H3,(H3,30,31). The summed E-state index contributed by atoms with van der Waals surface area (Å²) < 4.78 is 68.0. The van der Waals surface area contributed by atoms with Crippen LogP contribution in [0.15, 0.2) is 71.6 Å². The fourth-order valence-corrected chi connectivity index (χ4v) is 5.22. The monoisotopic (exact) mass is 519 g/mol. The van der Waals surface area contributed by atoms with Crippen molar-refractivity contribution in [2.45, 2.75) is 43.8 Å². The van der Waals surface area contributed by atoms with Gasteiger partial charge in [-0.05, 0) is 53.3 Å². The van der Waals surface area contributed by atoms with Crippen LogP contribution < -0.4 is 5.73 Å². The maximum Gasteiger partial charge on any atom is 0.416 e. The maximum atomic E-state index is 13.6. The van der Waals surface area contributed by atoms with Gasteiger partial charge in [0.1, 0.15) is 16.5 Å². The molecule has 6 nitrogen and oxygen atoms in total. The van der Waals surface area contributed by atoms with E-state index in [-0.39, 0.29) is 30.1 Å². The SMILES string of the molecule is CC(C)c1ccc(CCN(Cc2cccc(C(F)(F)F)c2)S(=O)(=O)c2cc(C(=N)N)ccc2O)cc1. The van der Waals surface area contributed by atoms with Crippen molar-refractivity contribution in [2.24, 2.45) is 5.73 Å². The molecule has 0 unspecified atom stereocenters. The Labute approximate surface area is 208 Å². The number of aromatic hydroxyl groups is 1. The number of hydrogen-bond acceptors (Lipinski definition) is 4. The number of rotatable bonds is 9. The third-order valence-corrected chi connectivity index (χ3v) is 7.67. The van der Waals surface area contributed by atoms with Gasteiger partial charge in [0.15, 0.2) is 0 Å². The first-order valence-electron chi connectivity index (χ1n) is 11.2. The Hall–Kier alpha value is -3.37. The van der Waals surface area contributed by atoms with E-state index in [0.29, 0.717) is 12.3 Å². The number of sulfonamides is 1. The van der Waals surface area contributed by atoms with Crippen molar-refractivity contribution in [1.29, 1.82) is 5.41 Å². The molecule has 0 bridgehead atoms. The van der Waals surface area contributed by atoms with E-state index in [0.717, 1.165) is 39.7 Å². The largest absolute Gasteiger partial charge is 0.507 e. The number of benzene rings is 3. The van der Waals surface area contributed by atoms with E-state index in [2.05, 4.69) is 13.8 Å². The van der Waals surface area contributed by atoms with Gasteiger partial charge in [0, 0.05) is 18.7 Å². The summed E-state index contributed by atoms with van der Waals surface area (Å²) >= 11 is 0. The third kappa shape index (κ3) is 6.44. The molecule has 0 aliphatic rings. The van der Waals surface area contributed by atoms with Crippen LogP contribution in [0.3, 0.4) is 0 Å². The Kier molecular flexibility index (Phi) is 8.10. The Balaban J connectivity index is 1.99. The van der Waals surface area contributed by atoms with Crippen LogP contribution in [-0.4, -0.2) is 30.2 Å². The van der Waals surface area contributed by atoms with Gasteiger partial charge in [-0.25, -0.2) is 8.42 Å². The van der Waals surface area contributed by atoms with E-state index in [4.69, 9.17) is 11.1 Å². The summed E-state index contributed by atoms with van der Waals surface area (Å²) in [7, 11) is -4.38. The molecule has 0 heterocycles. The molecule has 0 radical (unpaired) electrons. The molecule has 3 rings (SSSR count). The summed E-state index contributed by atoms with van der Waals surface area (Å²) in [5, 5.41) is 17.9. The summed E-state index contributed by atoms with van der Waals surface area (Å²) in [6.07, 6.45) is -4.28. The van der Waals surface area contributed by atoms with E-state index in [1.807, 2.05) is 24.3 Å². The lowest BCUT2D eigenvalue weighted by molar-refractivity contribution is -0.137. The summed E-state index contributed by atoms with van der Waals surface area (Å²) in [6, 6.07) is 15.7. The van der Waals surface area contributed by atoms with Crippen molar-refractivity contribution in [3.05, 3.63) is 94.5 Å². The number of nitrogen functional groups attached to an aromatic ring is 1. The zero-order valence-corrected chi connectivity index (χ0v) is 20.7. The van der Waals surface area contributed by atoms with E-state index in [1.54, 1.807) is 0 Å². The lowest BCUT2D eigenvalue weighted by Crippen LogP contribution is -2.33. The Bertz CT molecular complexity index is 1340. The van der Waals surface area contributed by atoms with Gasteiger partial charge in [0.25, 0.3) is 0 Å². The maximum absolute atomic E-state index is 13.6. The quantitative estimate of drug-likeness (QED) is 0.265. The van der Waals surface area contributed by atoms with E-state index in [9.17, 15) is 26.7 Å². The number of hydrogen-bond donors (Lipinski definition) is 3. The van der Waals surface area contributed by atoms with Crippen LogP contribution in [0.2, 0.25) is 0 Å². The molecule has 0 aliphatic heterocycles. The molecule has 4 N–H and O–H groups in total. The zero-order valence-electron chi connectivity index (χ0n) is 19.9. The van der Waals surface area contributed by atoms with Crippen LogP contribution in [0.4, 0.5) is 13.2 Å². The van der Waals surface area contributed by atoms with Gasteiger partial charge in [-0.1, -0.05) is 56.3 Å². The Morgan fingerprint density at radius 2 is 1.69 bits per heavy atom. The molecule has 192 valence electrons. The summed E-state index contributed by atoms with van der Waals surface area (Å²) in [5.74, 6) is -0.607. The predicted octanol–water partition coefficient (Wildman–Crippen LogP) is 5.25. The molecule has 3 aromatic carbocycles. The predicted molar refractivity (Wildman–Crippen MR) is 132 cm³/mol. The molecular formula is C26H28F3N3O3S. The number of alkyl halides is 3. The van der Waals surface area contributed by atoms with Gasteiger partial charge in [0.05, 0.1) is 5.56 Å². The van der Waals surface area contributed by atoms with Crippen molar-refractivity contribution in [1.82, 2.24) is 4.31 Å². The minimum atomic E-state index is -4.58. The van der Waals surface area contributed by atoms with Gasteiger partial charge in [0.2, 0.25) is 10.0 Å². The average Bonchev–Trinajstić information content (AvgIpc) is 2.81. The molecule has 0 saturated heterocycles. The first-order chi connectivity index (χ1) is 16.8. The highest BCUT2D eigenvalue weighted by Crippen LogP contribution is 2.31. The second kappa shape index (κ2) is 10.7. The van der Waals surface area contributed by atoms with Crippen LogP contribution >= 0.6 is 0 Å². The highest BCUT2D eigenvalue weighted by atomic mass is 32.2. The summed E-state index contributed by atoms with van der Waals surface area (Å²) in [5.41, 5.74) is 6.81. The van der Waals surface area contributed by atoms with Crippen LogP contribution in [0.5, 0.6) is 5.75 Å².